The zero-order valence-corrected chi connectivity index (χ0v) is 10.2. The summed E-state index contributed by atoms with van der Waals surface area (Å²) in [5.41, 5.74) is 3.19. The third-order valence-corrected chi connectivity index (χ3v) is 3.26. The number of aryl methyl sites for hydroxylation is 1. The third kappa shape index (κ3) is 2.68. The number of aromatic nitrogens is 2. The standard InChI is InChI=1S/C12H12N2O2S/c1-7-3-4-9-10(5-7)14-12(13-9)17-6-8(2)11(15)16/h3-5H,2,6H2,1H3,(H,13,14)(H,15,16). The van der Waals surface area contributed by atoms with E-state index in [9.17, 15) is 4.79 Å². The van der Waals surface area contributed by atoms with Crippen molar-refractivity contribution in [1.29, 1.82) is 0 Å². The van der Waals surface area contributed by atoms with Crippen LogP contribution < -0.4 is 0 Å². The van der Waals surface area contributed by atoms with Crippen molar-refractivity contribution in [2.75, 3.05) is 5.75 Å². The van der Waals surface area contributed by atoms with E-state index in [1.165, 1.54) is 11.8 Å². The molecule has 1 aromatic carbocycles. The number of nitrogens with one attached hydrogen (secondary N) is 1. The van der Waals surface area contributed by atoms with E-state index in [0.29, 0.717) is 10.9 Å². The molecule has 0 aliphatic heterocycles. The maximum atomic E-state index is 10.6. The Kier molecular flexibility index (Phi) is 3.19. The minimum Gasteiger partial charge on any atom is -0.478 e. The fourth-order valence-corrected chi connectivity index (χ4v) is 2.17. The Hall–Kier alpha value is -1.75. The minimum absolute atomic E-state index is 0.173. The number of carboxylic acids is 1. The van der Waals surface area contributed by atoms with E-state index >= 15 is 0 Å². The molecule has 0 saturated heterocycles. The van der Waals surface area contributed by atoms with Gasteiger partial charge in [0, 0.05) is 11.3 Å². The van der Waals surface area contributed by atoms with Gasteiger partial charge in [-0.05, 0) is 24.6 Å². The van der Waals surface area contributed by atoms with Crippen molar-refractivity contribution in [1.82, 2.24) is 9.97 Å². The Balaban J connectivity index is 2.14. The molecule has 1 aromatic heterocycles. The highest BCUT2D eigenvalue weighted by molar-refractivity contribution is 7.99. The molecule has 17 heavy (non-hydrogen) atoms. The van der Waals surface area contributed by atoms with Gasteiger partial charge in [0.1, 0.15) is 0 Å². The molecule has 2 aromatic rings. The number of carboxylic acid groups (broad SMARTS) is 1. The predicted octanol–water partition coefficient (Wildman–Crippen LogP) is 2.60. The molecular weight excluding hydrogens is 236 g/mol. The molecule has 0 radical (unpaired) electrons. The molecule has 0 atom stereocenters. The third-order valence-electron chi connectivity index (χ3n) is 2.30. The Morgan fingerprint density at radius 2 is 2.35 bits per heavy atom. The van der Waals surface area contributed by atoms with E-state index in [2.05, 4.69) is 16.5 Å². The monoisotopic (exact) mass is 248 g/mol. The van der Waals surface area contributed by atoms with E-state index in [0.717, 1.165) is 16.6 Å². The number of aliphatic carboxylic acids is 1. The normalized spacial score (nSPS) is 10.6. The second-order valence-corrected chi connectivity index (χ2v) is 4.72. The number of aromatic amines is 1. The summed E-state index contributed by atoms with van der Waals surface area (Å²) in [6, 6.07) is 5.95. The number of hydrogen-bond donors (Lipinski definition) is 2. The van der Waals surface area contributed by atoms with Gasteiger partial charge in [0.05, 0.1) is 11.0 Å². The number of imidazole rings is 1. The highest BCUT2D eigenvalue weighted by Crippen LogP contribution is 2.21. The van der Waals surface area contributed by atoms with Crippen LogP contribution in [0.15, 0.2) is 35.5 Å². The van der Waals surface area contributed by atoms with Gasteiger partial charge >= 0.3 is 5.97 Å². The fourth-order valence-electron chi connectivity index (χ4n) is 1.39. The van der Waals surface area contributed by atoms with Crippen molar-refractivity contribution in [2.45, 2.75) is 12.1 Å². The molecule has 0 aliphatic carbocycles. The first-order valence-corrected chi connectivity index (χ1v) is 6.05. The van der Waals surface area contributed by atoms with Crippen molar-refractivity contribution in [3.8, 4) is 0 Å². The van der Waals surface area contributed by atoms with Gasteiger partial charge in [-0.3, -0.25) is 0 Å². The van der Waals surface area contributed by atoms with Crippen LogP contribution in [0.4, 0.5) is 0 Å². The van der Waals surface area contributed by atoms with Crippen LogP contribution in [0.1, 0.15) is 5.56 Å². The van der Waals surface area contributed by atoms with Crippen molar-refractivity contribution in [3.63, 3.8) is 0 Å². The second kappa shape index (κ2) is 4.63. The van der Waals surface area contributed by atoms with E-state index in [-0.39, 0.29) is 5.57 Å². The molecule has 0 saturated carbocycles. The molecule has 88 valence electrons. The Bertz CT molecular complexity index is 589. The van der Waals surface area contributed by atoms with Crippen molar-refractivity contribution in [2.24, 2.45) is 0 Å². The number of thioether (sulfide) groups is 1. The topological polar surface area (TPSA) is 66.0 Å². The smallest absolute Gasteiger partial charge is 0.331 e. The second-order valence-electron chi connectivity index (χ2n) is 3.76. The summed E-state index contributed by atoms with van der Waals surface area (Å²) in [6.07, 6.45) is 0. The molecule has 2 rings (SSSR count). The van der Waals surface area contributed by atoms with Gasteiger partial charge in [-0.25, -0.2) is 9.78 Å². The summed E-state index contributed by atoms with van der Waals surface area (Å²) in [4.78, 5) is 18.1. The maximum Gasteiger partial charge on any atom is 0.331 e. The van der Waals surface area contributed by atoms with Crippen LogP contribution in [0.3, 0.4) is 0 Å². The molecule has 0 fully saturated rings. The van der Waals surface area contributed by atoms with Crippen LogP contribution >= 0.6 is 11.8 Å². The van der Waals surface area contributed by atoms with Gasteiger partial charge in [-0.2, -0.15) is 0 Å². The summed E-state index contributed by atoms with van der Waals surface area (Å²) in [6.45, 7) is 5.49. The largest absolute Gasteiger partial charge is 0.478 e. The van der Waals surface area contributed by atoms with Crippen LogP contribution in [0, 0.1) is 6.92 Å². The van der Waals surface area contributed by atoms with Crippen molar-refractivity contribution >= 4 is 28.8 Å². The average Bonchev–Trinajstić information content (AvgIpc) is 2.67. The molecule has 2 N–H and O–H groups in total. The van der Waals surface area contributed by atoms with Gasteiger partial charge < -0.3 is 10.1 Å². The number of H-pyrrole nitrogens is 1. The number of fused-ring (bicyclic) bond motifs is 1. The summed E-state index contributed by atoms with van der Waals surface area (Å²) in [5, 5.41) is 9.41. The minimum atomic E-state index is -0.968. The summed E-state index contributed by atoms with van der Waals surface area (Å²) in [5.74, 6) is -0.641. The summed E-state index contributed by atoms with van der Waals surface area (Å²) < 4.78 is 0. The molecule has 1 heterocycles. The van der Waals surface area contributed by atoms with Crippen LogP contribution in [-0.2, 0) is 4.79 Å². The first kappa shape index (κ1) is 11.7. The predicted molar refractivity (Wildman–Crippen MR) is 68.3 cm³/mol. The SMILES string of the molecule is C=C(CSc1nc2ccc(C)cc2[nH]1)C(=O)O. The van der Waals surface area contributed by atoms with E-state index in [1.54, 1.807) is 0 Å². The lowest BCUT2D eigenvalue weighted by atomic mass is 10.2. The molecule has 0 aliphatic rings. The lowest BCUT2D eigenvalue weighted by molar-refractivity contribution is -0.132. The van der Waals surface area contributed by atoms with E-state index in [4.69, 9.17) is 5.11 Å². The van der Waals surface area contributed by atoms with Gasteiger partial charge in [0.25, 0.3) is 0 Å². The van der Waals surface area contributed by atoms with Gasteiger partial charge in [0.2, 0.25) is 0 Å². The van der Waals surface area contributed by atoms with E-state index < -0.39 is 5.97 Å². The number of carbonyl (C=O) groups is 1. The number of benzene rings is 1. The van der Waals surface area contributed by atoms with Crippen LogP contribution in [0.5, 0.6) is 0 Å². The molecule has 4 nitrogen and oxygen atoms in total. The summed E-state index contributed by atoms with van der Waals surface area (Å²) in [7, 11) is 0. The lowest BCUT2D eigenvalue weighted by Gasteiger charge is -1.96. The molecule has 0 amide bonds. The lowest BCUT2D eigenvalue weighted by Crippen LogP contribution is -2.01. The number of hydrogen-bond acceptors (Lipinski definition) is 3. The molecule has 0 bridgehead atoms. The zero-order valence-electron chi connectivity index (χ0n) is 9.36. The molecule has 0 spiro atoms. The van der Waals surface area contributed by atoms with Crippen LogP contribution in [-0.4, -0.2) is 26.8 Å². The molecular formula is C12H12N2O2S. The Morgan fingerprint density at radius 3 is 3.06 bits per heavy atom. The highest BCUT2D eigenvalue weighted by Gasteiger charge is 2.07. The van der Waals surface area contributed by atoms with Crippen molar-refractivity contribution in [3.05, 3.63) is 35.9 Å². The van der Waals surface area contributed by atoms with E-state index in [1.807, 2.05) is 25.1 Å². The fraction of sp³-hybridized carbons (Fsp3) is 0.167. The summed E-state index contributed by atoms with van der Waals surface area (Å²) >= 11 is 1.34. The number of nitrogens with zero attached hydrogens (tertiary/aromatic N) is 1. The molecule has 0 unspecified atom stereocenters. The van der Waals surface area contributed by atoms with Crippen LogP contribution in [0.2, 0.25) is 0 Å². The van der Waals surface area contributed by atoms with Gasteiger partial charge in [-0.15, -0.1) is 0 Å². The molecule has 5 heteroatoms. The van der Waals surface area contributed by atoms with Gasteiger partial charge in [0.15, 0.2) is 5.16 Å². The quantitative estimate of drug-likeness (QED) is 0.644. The Labute approximate surface area is 103 Å². The van der Waals surface area contributed by atoms with Crippen molar-refractivity contribution < 1.29 is 9.90 Å². The van der Waals surface area contributed by atoms with Crippen LogP contribution in [0.25, 0.3) is 11.0 Å². The van der Waals surface area contributed by atoms with Gasteiger partial charge in [-0.1, -0.05) is 24.4 Å². The number of rotatable bonds is 4. The average molecular weight is 248 g/mol. The first-order valence-electron chi connectivity index (χ1n) is 5.06. The Morgan fingerprint density at radius 1 is 1.59 bits per heavy atom. The highest BCUT2D eigenvalue weighted by atomic mass is 32.2. The first-order chi connectivity index (χ1) is 8.06. The maximum absolute atomic E-state index is 10.6. The zero-order chi connectivity index (χ0) is 12.4.